The molecule has 166 valence electrons. The van der Waals surface area contributed by atoms with Gasteiger partial charge in [-0.15, -0.1) is 0 Å². The molecule has 0 aliphatic carbocycles. The molecule has 2 aromatic rings. The maximum atomic E-state index is 13.4. The number of ether oxygens (including phenoxy) is 1. The number of carbonyl (C=O) groups excluding carboxylic acids is 2. The highest BCUT2D eigenvalue weighted by Gasteiger charge is 2.30. The van der Waals surface area contributed by atoms with Gasteiger partial charge in [0.05, 0.1) is 6.10 Å². The average Bonchev–Trinajstić information content (AvgIpc) is 3.30. The normalized spacial score (nSPS) is 16.6. The molecule has 1 aliphatic heterocycles. The van der Waals surface area contributed by atoms with Crippen LogP contribution in [0.3, 0.4) is 0 Å². The van der Waals surface area contributed by atoms with Crippen LogP contribution in [0.4, 0.5) is 4.39 Å². The monoisotopic (exact) mass is 426 g/mol. The van der Waals surface area contributed by atoms with Gasteiger partial charge in [0.15, 0.2) is 0 Å². The van der Waals surface area contributed by atoms with Crippen LogP contribution in [0.1, 0.15) is 43.7 Å². The maximum absolute atomic E-state index is 13.4. The minimum atomic E-state index is -0.659. The van der Waals surface area contributed by atoms with E-state index in [1.807, 2.05) is 37.3 Å². The molecule has 5 nitrogen and oxygen atoms in total. The Morgan fingerprint density at radius 1 is 1.13 bits per heavy atom. The highest BCUT2D eigenvalue weighted by Crippen LogP contribution is 2.17. The molecule has 2 amide bonds. The minimum Gasteiger partial charge on any atom is -0.376 e. The van der Waals surface area contributed by atoms with Crippen molar-refractivity contribution in [2.75, 3.05) is 13.2 Å². The molecule has 2 atom stereocenters. The van der Waals surface area contributed by atoms with Crippen LogP contribution in [-0.4, -0.2) is 42.0 Å². The van der Waals surface area contributed by atoms with Crippen LogP contribution >= 0.6 is 0 Å². The van der Waals surface area contributed by atoms with E-state index in [0.29, 0.717) is 25.8 Å². The van der Waals surface area contributed by atoms with Crippen molar-refractivity contribution in [1.82, 2.24) is 10.2 Å². The quantitative estimate of drug-likeness (QED) is 0.628. The molecule has 1 N–H and O–H groups in total. The van der Waals surface area contributed by atoms with E-state index < -0.39 is 6.04 Å². The van der Waals surface area contributed by atoms with Gasteiger partial charge in [0.2, 0.25) is 11.8 Å². The molecule has 0 saturated carbocycles. The van der Waals surface area contributed by atoms with E-state index in [2.05, 4.69) is 5.32 Å². The Morgan fingerprint density at radius 3 is 2.52 bits per heavy atom. The number of nitrogens with one attached hydrogen (secondary N) is 1. The third-order valence-electron chi connectivity index (χ3n) is 5.53. The summed E-state index contributed by atoms with van der Waals surface area (Å²) in [6.07, 6.45) is 3.41. The fourth-order valence-corrected chi connectivity index (χ4v) is 3.84. The van der Waals surface area contributed by atoms with Crippen molar-refractivity contribution < 1.29 is 18.7 Å². The molecule has 1 saturated heterocycles. The van der Waals surface area contributed by atoms with E-state index >= 15 is 0 Å². The van der Waals surface area contributed by atoms with Gasteiger partial charge in [0, 0.05) is 32.5 Å². The fraction of sp³-hybridized carbons (Fsp3) is 0.440. The molecule has 0 radical (unpaired) electrons. The summed E-state index contributed by atoms with van der Waals surface area (Å²) < 4.78 is 19.0. The Balaban J connectivity index is 1.83. The Hall–Kier alpha value is -2.73. The zero-order valence-corrected chi connectivity index (χ0v) is 18.1. The molecule has 2 aromatic carbocycles. The highest BCUT2D eigenvalue weighted by atomic mass is 19.1. The van der Waals surface area contributed by atoms with Gasteiger partial charge in [-0.2, -0.15) is 0 Å². The highest BCUT2D eigenvalue weighted by molar-refractivity contribution is 5.88. The molecule has 6 heteroatoms. The van der Waals surface area contributed by atoms with E-state index in [0.717, 1.165) is 30.6 Å². The fourth-order valence-electron chi connectivity index (χ4n) is 3.84. The number of benzene rings is 2. The molecule has 1 aliphatic rings. The first-order valence-corrected chi connectivity index (χ1v) is 11.0. The minimum absolute atomic E-state index is 0.0261. The van der Waals surface area contributed by atoms with Gasteiger partial charge in [-0.05, 0) is 42.5 Å². The molecule has 0 spiro atoms. The standard InChI is InChI=1S/C25H31FN2O3/c1-2-7-24(29)28(18-20-11-13-21(26)14-12-20)23(16-19-8-4-3-5-9-19)25(30)27-17-22-10-6-15-31-22/h3-5,8-9,11-14,22-23H,2,6-7,10,15-18H2,1H3,(H,27,30)/t22-,23+/m1/s1. The number of nitrogens with zero attached hydrogens (tertiary/aromatic N) is 1. The van der Waals surface area contributed by atoms with Crippen molar-refractivity contribution in [1.29, 1.82) is 0 Å². The van der Waals surface area contributed by atoms with Crippen LogP contribution in [0.25, 0.3) is 0 Å². The van der Waals surface area contributed by atoms with Crippen molar-refractivity contribution in [2.45, 2.75) is 57.7 Å². The second-order valence-electron chi connectivity index (χ2n) is 7.98. The van der Waals surface area contributed by atoms with E-state index in [1.54, 1.807) is 17.0 Å². The molecular formula is C25H31FN2O3. The van der Waals surface area contributed by atoms with Crippen molar-refractivity contribution in [3.63, 3.8) is 0 Å². The van der Waals surface area contributed by atoms with Crippen LogP contribution in [0.2, 0.25) is 0 Å². The molecule has 31 heavy (non-hydrogen) atoms. The van der Waals surface area contributed by atoms with Crippen LogP contribution in [0, 0.1) is 5.82 Å². The summed E-state index contributed by atoms with van der Waals surface area (Å²) in [6.45, 7) is 3.36. The second-order valence-corrected chi connectivity index (χ2v) is 7.98. The predicted molar refractivity (Wildman–Crippen MR) is 118 cm³/mol. The third-order valence-corrected chi connectivity index (χ3v) is 5.53. The van der Waals surface area contributed by atoms with E-state index in [1.165, 1.54) is 12.1 Å². The molecule has 0 aromatic heterocycles. The molecule has 0 unspecified atom stereocenters. The first kappa shape index (κ1) is 22.9. The summed E-state index contributed by atoms with van der Waals surface area (Å²) in [6, 6.07) is 15.1. The largest absolute Gasteiger partial charge is 0.376 e. The predicted octanol–water partition coefficient (Wildman–Crippen LogP) is 3.86. The molecular weight excluding hydrogens is 395 g/mol. The lowest BCUT2D eigenvalue weighted by Gasteiger charge is -2.32. The van der Waals surface area contributed by atoms with E-state index in [-0.39, 0.29) is 30.3 Å². The summed E-state index contributed by atoms with van der Waals surface area (Å²) in [4.78, 5) is 28.0. The Morgan fingerprint density at radius 2 is 1.87 bits per heavy atom. The van der Waals surface area contributed by atoms with Crippen LogP contribution in [0.15, 0.2) is 54.6 Å². The van der Waals surface area contributed by atoms with Gasteiger partial charge in [0.25, 0.3) is 0 Å². The van der Waals surface area contributed by atoms with Crippen LogP contribution in [-0.2, 0) is 27.3 Å². The lowest BCUT2D eigenvalue weighted by molar-refractivity contribution is -0.141. The zero-order chi connectivity index (χ0) is 22.1. The summed E-state index contributed by atoms with van der Waals surface area (Å²) in [7, 11) is 0. The zero-order valence-electron chi connectivity index (χ0n) is 18.1. The molecule has 3 rings (SSSR count). The molecule has 1 fully saturated rings. The Labute approximate surface area is 183 Å². The number of hydrogen-bond acceptors (Lipinski definition) is 3. The number of halogens is 1. The first-order valence-electron chi connectivity index (χ1n) is 11.0. The van der Waals surface area contributed by atoms with Gasteiger partial charge in [0.1, 0.15) is 11.9 Å². The van der Waals surface area contributed by atoms with Crippen molar-refractivity contribution in [3.8, 4) is 0 Å². The summed E-state index contributed by atoms with van der Waals surface area (Å²) >= 11 is 0. The van der Waals surface area contributed by atoms with Gasteiger partial charge in [-0.1, -0.05) is 49.4 Å². The smallest absolute Gasteiger partial charge is 0.243 e. The third kappa shape index (κ3) is 6.89. The SMILES string of the molecule is CCCC(=O)N(Cc1ccc(F)cc1)[C@@H](Cc1ccccc1)C(=O)NC[C@H]1CCCO1. The van der Waals surface area contributed by atoms with Crippen molar-refractivity contribution >= 4 is 11.8 Å². The number of amides is 2. The number of rotatable bonds is 10. The van der Waals surface area contributed by atoms with Gasteiger partial charge >= 0.3 is 0 Å². The lowest BCUT2D eigenvalue weighted by atomic mass is 10.0. The van der Waals surface area contributed by atoms with Crippen LogP contribution in [0.5, 0.6) is 0 Å². The summed E-state index contributed by atoms with van der Waals surface area (Å²) in [5.74, 6) is -0.601. The second kappa shape index (κ2) is 11.6. The molecule has 0 bridgehead atoms. The Kier molecular flexibility index (Phi) is 8.59. The Bertz CT molecular complexity index is 836. The topological polar surface area (TPSA) is 58.6 Å². The number of hydrogen-bond donors (Lipinski definition) is 1. The summed E-state index contributed by atoms with van der Waals surface area (Å²) in [5.41, 5.74) is 1.77. The van der Waals surface area contributed by atoms with Crippen molar-refractivity contribution in [2.24, 2.45) is 0 Å². The van der Waals surface area contributed by atoms with E-state index in [9.17, 15) is 14.0 Å². The average molecular weight is 427 g/mol. The van der Waals surface area contributed by atoms with E-state index in [4.69, 9.17) is 4.74 Å². The van der Waals surface area contributed by atoms with Gasteiger partial charge in [-0.25, -0.2) is 4.39 Å². The number of carbonyl (C=O) groups is 2. The van der Waals surface area contributed by atoms with Crippen LogP contribution < -0.4 is 5.32 Å². The van der Waals surface area contributed by atoms with Gasteiger partial charge < -0.3 is 15.0 Å². The summed E-state index contributed by atoms with van der Waals surface area (Å²) in [5, 5.41) is 3.00. The van der Waals surface area contributed by atoms with Crippen molar-refractivity contribution in [3.05, 3.63) is 71.5 Å². The maximum Gasteiger partial charge on any atom is 0.243 e. The lowest BCUT2D eigenvalue weighted by Crippen LogP contribution is -2.51. The van der Waals surface area contributed by atoms with Gasteiger partial charge in [-0.3, -0.25) is 9.59 Å². The first-order chi connectivity index (χ1) is 15.1. The molecule has 1 heterocycles.